The van der Waals surface area contributed by atoms with E-state index in [0.29, 0.717) is 11.4 Å². The molecule has 2 N–H and O–H groups in total. The van der Waals surface area contributed by atoms with Crippen LogP contribution in [0, 0.1) is 0 Å². The van der Waals surface area contributed by atoms with Gasteiger partial charge in [0.25, 0.3) is 5.91 Å². The Hall–Kier alpha value is -3.55. The number of amides is 2. The van der Waals surface area contributed by atoms with Crippen molar-refractivity contribution in [2.24, 2.45) is 0 Å². The van der Waals surface area contributed by atoms with E-state index in [0.717, 1.165) is 5.56 Å². The molecule has 2 aromatic rings. The van der Waals surface area contributed by atoms with E-state index >= 15 is 0 Å². The highest BCUT2D eigenvalue weighted by atomic mass is 16.6. The zero-order valence-corrected chi connectivity index (χ0v) is 18.2. The molecule has 0 bridgehead atoms. The van der Waals surface area contributed by atoms with Gasteiger partial charge in [-0.25, -0.2) is 4.79 Å². The molecule has 0 radical (unpaired) electrons. The minimum Gasteiger partial charge on any atom is -0.488 e. The van der Waals surface area contributed by atoms with Crippen molar-refractivity contribution in [1.82, 2.24) is 5.32 Å². The lowest BCUT2D eigenvalue weighted by Crippen LogP contribution is -2.28. The topological polar surface area (TPSA) is 103 Å². The van der Waals surface area contributed by atoms with Crippen LogP contribution in [0.25, 0.3) is 0 Å². The summed E-state index contributed by atoms with van der Waals surface area (Å²) < 4.78 is 15.7. The zero-order chi connectivity index (χ0) is 22.9. The van der Waals surface area contributed by atoms with Crippen LogP contribution in [0.4, 0.5) is 10.5 Å². The summed E-state index contributed by atoms with van der Waals surface area (Å²) in [4.78, 5) is 36.1. The van der Waals surface area contributed by atoms with Crippen molar-refractivity contribution in [2.75, 3.05) is 19.0 Å². The van der Waals surface area contributed by atoms with Gasteiger partial charge < -0.3 is 19.5 Å². The molecular formula is C23H28N2O6. The molecule has 8 nitrogen and oxygen atoms in total. The molecule has 0 aromatic heterocycles. The number of carbonyl (C=O) groups excluding carboxylic acids is 3. The van der Waals surface area contributed by atoms with Crippen LogP contribution in [-0.4, -0.2) is 37.2 Å². The van der Waals surface area contributed by atoms with Crippen LogP contribution in [-0.2, 0) is 20.9 Å². The van der Waals surface area contributed by atoms with Crippen LogP contribution in [0.5, 0.6) is 5.75 Å². The minimum atomic E-state index is -0.656. The maximum Gasteiger partial charge on any atom is 0.412 e. The summed E-state index contributed by atoms with van der Waals surface area (Å²) >= 11 is 0. The lowest BCUT2D eigenvalue weighted by molar-refractivity contribution is -0.140. The van der Waals surface area contributed by atoms with Gasteiger partial charge in [-0.05, 0) is 44.5 Å². The molecule has 2 aromatic carbocycles. The Morgan fingerprint density at radius 3 is 2.35 bits per heavy atom. The second-order valence-electron chi connectivity index (χ2n) is 7.69. The highest BCUT2D eigenvalue weighted by Crippen LogP contribution is 2.24. The van der Waals surface area contributed by atoms with Crippen LogP contribution in [0.3, 0.4) is 0 Å². The van der Waals surface area contributed by atoms with Crippen molar-refractivity contribution < 1.29 is 28.6 Å². The Labute approximate surface area is 181 Å². The molecule has 0 fully saturated rings. The number of methoxy groups -OCH3 is 1. The van der Waals surface area contributed by atoms with E-state index in [2.05, 4.69) is 15.4 Å². The average Bonchev–Trinajstić information content (AvgIpc) is 2.71. The van der Waals surface area contributed by atoms with Crippen LogP contribution in [0.1, 0.15) is 43.1 Å². The third-order valence-corrected chi connectivity index (χ3v) is 3.95. The Kier molecular flexibility index (Phi) is 8.43. The van der Waals surface area contributed by atoms with Gasteiger partial charge in [-0.1, -0.05) is 30.3 Å². The summed E-state index contributed by atoms with van der Waals surface area (Å²) in [5.74, 6) is -0.532. The summed E-state index contributed by atoms with van der Waals surface area (Å²) in [6.07, 6.45) is -0.597. The molecule has 2 rings (SSSR count). The number of esters is 1. The molecule has 0 saturated carbocycles. The van der Waals surface area contributed by atoms with E-state index in [1.165, 1.54) is 13.2 Å². The monoisotopic (exact) mass is 428 g/mol. The number of nitrogens with one attached hydrogen (secondary N) is 2. The molecule has 0 saturated heterocycles. The number of rotatable bonds is 8. The molecule has 2 amide bonds. The summed E-state index contributed by atoms with van der Waals surface area (Å²) in [6, 6.07) is 14.2. The normalized spacial score (nSPS) is 10.7. The largest absolute Gasteiger partial charge is 0.488 e. The van der Waals surface area contributed by atoms with E-state index in [4.69, 9.17) is 9.47 Å². The highest BCUT2D eigenvalue weighted by Gasteiger charge is 2.19. The Balaban J connectivity index is 2.17. The lowest BCUT2D eigenvalue weighted by atomic mass is 10.1. The fourth-order valence-electron chi connectivity index (χ4n) is 2.54. The lowest BCUT2D eigenvalue weighted by Gasteiger charge is -2.20. The van der Waals surface area contributed by atoms with Crippen molar-refractivity contribution in [3.63, 3.8) is 0 Å². The standard InChI is InChI=1S/C23H28N2O6/c1-23(2,3)31-22(28)25-17-10-11-19(30-15-16-8-6-5-7-9-16)18(14-17)21(27)24-13-12-20(26)29-4/h5-11,14H,12-13,15H2,1-4H3,(H,24,27)(H,25,28). The number of anilines is 1. The van der Waals surface area contributed by atoms with Crippen molar-refractivity contribution in [2.45, 2.75) is 39.4 Å². The molecule has 0 heterocycles. The van der Waals surface area contributed by atoms with E-state index in [1.54, 1.807) is 32.9 Å². The molecule has 0 aliphatic carbocycles. The van der Waals surface area contributed by atoms with E-state index in [1.807, 2.05) is 30.3 Å². The second kappa shape index (κ2) is 11.0. The van der Waals surface area contributed by atoms with Gasteiger partial charge in [-0.15, -0.1) is 0 Å². The second-order valence-corrected chi connectivity index (χ2v) is 7.69. The van der Waals surface area contributed by atoms with Crippen molar-refractivity contribution >= 4 is 23.7 Å². The first-order chi connectivity index (χ1) is 14.7. The number of carbonyl (C=O) groups is 3. The Morgan fingerprint density at radius 2 is 1.71 bits per heavy atom. The maximum atomic E-state index is 12.7. The molecule has 0 unspecified atom stereocenters. The third-order valence-electron chi connectivity index (χ3n) is 3.95. The first-order valence-electron chi connectivity index (χ1n) is 9.84. The molecule has 31 heavy (non-hydrogen) atoms. The smallest absolute Gasteiger partial charge is 0.412 e. The minimum absolute atomic E-state index is 0.0400. The molecule has 0 aliphatic heterocycles. The molecule has 0 spiro atoms. The van der Waals surface area contributed by atoms with Gasteiger partial charge in [-0.3, -0.25) is 14.9 Å². The third kappa shape index (κ3) is 8.38. The van der Waals surface area contributed by atoms with Gasteiger partial charge in [0.2, 0.25) is 0 Å². The van der Waals surface area contributed by atoms with E-state index in [-0.39, 0.29) is 25.1 Å². The van der Waals surface area contributed by atoms with E-state index < -0.39 is 23.6 Å². The molecule has 0 atom stereocenters. The molecular weight excluding hydrogens is 400 g/mol. The predicted molar refractivity (Wildman–Crippen MR) is 116 cm³/mol. The number of hydrogen-bond acceptors (Lipinski definition) is 6. The first kappa shape index (κ1) is 23.7. The van der Waals surface area contributed by atoms with Gasteiger partial charge in [0, 0.05) is 12.2 Å². The van der Waals surface area contributed by atoms with Crippen molar-refractivity contribution in [3.05, 3.63) is 59.7 Å². The molecule has 0 aliphatic rings. The van der Waals surface area contributed by atoms with Crippen LogP contribution in [0.2, 0.25) is 0 Å². The molecule has 8 heteroatoms. The SMILES string of the molecule is COC(=O)CCNC(=O)c1cc(NC(=O)OC(C)(C)C)ccc1OCc1ccccc1. The average molecular weight is 428 g/mol. The summed E-state index contributed by atoms with van der Waals surface area (Å²) in [6.45, 7) is 5.64. The van der Waals surface area contributed by atoms with Crippen LogP contribution in [0.15, 0.2) is 48.5 Å². The van der Waals surface area contributed by atoms with Crippen LogP contribution >= 0.6 is 0 Å². The summed E-state index contributed by atoms with van der Waals surface area (Å²) in [5, 5.41) is 5.27. The Bertz CT molecular complexity index is 906. The van der Waals surface area contributed by atoms with Crippen molar-refractivity contribution in [3.8, 4) is 5.75 Å². The predicted octanol–water partition coefficient (Wildman–Crippen LogP) is 3.91. The fraction of sp³-hybridized carbons (Fsp3) is 0.348. The quantitative estimate of drug-likeness (QED) is 0.618. The fourth-order valence-corrected chi connectivity index (χ4v) is 2.54. The van der Waals surface area contributed by atoms with Gasteiger partial charge in [0.1, 0.15) is 18.0 Å². The van der Waals surface area contributed by atoms with Crippen LogP contribution < -0.4 is 15.4 Å². The molecule has 166 valence electrons. The zero-order valence-electron chi connectivity index (χ0n) is 18.2. The van der Waals surface area contributed by atoms with Gasteiger partial charge in [0.15, 0.2) is 0 Å². The van der Waals surface area contributed by atoms with Gasteiger partial charge >= 0.3 is 12.1 Å². The maximum absolute atomic E-state index is 12.7. The number of ether oxygens (including phenoxy) is 3. The Morgan fingerprint density at radius 1 is 1.00 bits per heavy atom. The summed E-state index contributed by atoms with van der Waals surface area (Å²) in [7, 11) is 1.28. The van der Waals surface area contributed by atoms with Crippen molar-refractivity contribution in [1.29, 1.82) is 0 Å². The highest BCUT2D eigenvalue weighted by molar-refractivity contribution is 5.99. The van der Waals surface area contributed by atoms with E-state index in [9.17, 15) is 14.4 Å². The summed E-state index contributed by atoms with van der Waals surface area (Å²) in [5.41, 5.74) is 0.876. The first-order valence-corrected chi connectivity index (χ1v) is 9.84. The van der Waals surface area contributed by atoms with Gasteiger partial charge in [-0.2, -0.15) is 0 Å². The number of hydrogen-bond donors (Lipinski definition) is 2. The van der Waals surface area contributed by atoms with Gasteiger partial charge in [0.05, 0.1) is 19.1 Å². The number of benzene rings is 2.